The van der Waals surface area contributed by atoms with Gasteiger partial charge in [-0.25, -0.2) is 4.98 Å². The van der Waals surface area contributed by atoms with E-state index in [0.29, 0.717) is 11.1 Å². The maximum absolute atomic E-state index is 6.35. The molecule has 1 atom stereocenters. The third-order valence-electron chi connectivity index (χ3n) is 3.71. The lowest BCUT2D eigenvalue weighted by molar-refractivity contribution is 0.416. The Balaban J connectivity index is 2.10. The maximum atomic E-state index is 6.35. The van der Waals surface area contributed by atoms with Crippen LogP contribution in [0.25, 0.3) is 10.6 Å². The van der Waals surface area contributed by atoms with Crippen LogP contribution in [0.15, 0.2) is 18.2 Å². The normalized spacial score (nSPS) is 17.9. The zero-order valence-electron chi connectivity index (χ0n) is 11.6. The summed E-state index contributed by atoms with van der Waals surface area (Å²) in [5.41, 5.74) is 2.11. The minimum absolute atomic E-state index is 0.415. The molecule has 0 spiro atoms. The van der Waals surface area contributed by atoms with Gasteiger partial charge >= 0.3 is 0 Å². The fraction of sp³-hybridized carbons (Fsp3) is 0.400. The summed E-state index contributed by atoms with van der Waals surface area (Å²) in [5, 5.41) is 5.02. The Morgan fingerprint density at radius 1 is 1.45 bits per heavy atom. The highest BCUT2D eigenvalue weighted by Gasteiger charge is 2.25. The molecule has 20 heavy (non-hydrogen) atoms. The maximum Gasteiger partial charge on any atom is 0.130 e. The Morgan fingerprint density at radius 3 is 3.05 bits per heavy atom. The van der Waals surface area contributed by atoms with Gasteiger partial charge in [0.15, 0.2) is 0 Å². The molecule has 0 saturated carbocycles. The van der Waals surface area contributed by atoms with Crippen molar-refractivity contribution in [1.82, 2.24) is 10.3 Å². The second-order valence-corrected chi connectivity index (χ2v) is 6.32. The zero-order valence-corrected chi connectivity index (χ0v) is 13.1. The number of methoxy groups -OCH3 is 1. The highest BCUT2D eigenvalue weighted by atomic mass is 35.5. The second-order valence-electron chi connectivity index (χ2n) is 4.88. The molecule has 0 aliphatic heterocycles. The van der Waals surface area contributed by atoms with Crippen LogP contribution in [0.2, 0.25) is 5.02 Å². The molecule has 1 aromatic heterocycles. The molecule has 0 saturated heterocycles. The quantitative estimate of drug-likeness (QED) is 0.928. The van der Waals surface area contributed by atoms with Crippen molar-refractivity contribution in [3.05, 3.63) is 33.8 Å². The van der Waals surface area contributed by atoms with Gasteiger partial charge in [-0.1, -0.05) is 17.7 Å². The number of aryl methyl sites for hydroxylation is 1. The molecule has 106 valence electrons. The summed E-state index contributed by atoms with van der Waals surface area (Å²) in [5.74, 6) is 0.782. The van der Waals surface area contributed by atoms with Gasteiger partial charge in [0.05, 0.1) is 23.4 Å². The van der Waals surface area contributed by atoms with Gasteiger partial charge in [-0.05, 0) is 38.4 Å². The Morgan fingerprint density at radius 2 is 2.30 bits per heavy atom. The minimum Gasteiger partial charge on any atom is -0.496 e. The lowest BCUT2D eigenvalue weighted by Gasteiger charge is -2.19. The van der Waals surface area contributed by atoms with Gasteiger partial charge in [0.1, 0.15) is 10.8 Å². The molecule has 1 unspecified atom stereocenters. The van der Waals surface area contributed by atoms with Crippen molar-refractivity contribution in [2.45, 2.75) is 25.3 Å². The number of rotatable bonds is 3. The molecule has 0 radical (unpaired) electrons. The number of fused-ring (bicyclic) bond motifs is 1. The van der Waals surface area contributed by atoms with Crippen molar-refractivity contribution in [3.8, 4) is 16.3 Å². The van der Waals surface area contributed by atoms with E-state index in [2.05, 4.69) is 5.32 Å². The number of thiazole rings is 1. The molecule has 2 aromatic rings. The lowest BCUT2D eigenvalue weighted by Crippen LogP contribution is -2.19. The molecule has 1 heterocycles. The van der Waals surface area contributed by atoms with E-state index in [4.69, 9.17) is 21.3 Å². The first kappa shape index (κ1) is 13.9. The van der Waals surface area contributed by atoms with E-state index < -0.39 is 0 Å². The molecule has 0 amide bonds. The first-order valence-electron chi connectivity index (χ1n) is 6.74. The smallest absolute Gasteiger partial charge is 0.130 e. The average molecular weight is 309 g/mol. The Bertz CT molecular complexity index is 626. The Labute approximate surface area is 127 Å². The zero-order chi connectivity index (χ0) is 14.1. The largest absolute Gasteiger partial charge is 0.496 e. The average Bonchev–Trinajstić information content (AvgIpc) is 2.90. The Kier molecular flexibility index (Phi) is 3.96. The molecule has 3 nitrogen and oxygen atoms in total. The summed E-state index contributed by atoms with van der Waals surface area (Å²) < 4.78 is 5.43. The summed E-state index contributed by atoms with van der Waals surface area (Å²) in [7, 11) is 3.67. The van der Waals surface area contributed by atoms with Gasteiger partial charge in [-0.15, -0.1) is 11.3 Å². The number of nitrogens with one attached hydrogen (secondary N) is 1. The first-order chi connectivity index (χ1) is 9.74. The SMILES string of the molecule is CNC1CCCc2nc(-c3c(Cl)cccc3OC)sc21. The van der Waals surface area contributed by atoms with Gasteiger partial charge in [-0.2, -0.15) is 0 Å². The summed E-state index contributed by atoms with van der Waals surface area (Å²) in [6.45, 7) is 0. The summed E-state index contributed by atoms with van der Waals surface area (Å²) in [6, 6.07) is 6.12. The first-order valence-corrected chi connectivity index (χ1v) is 7.93. The molecule has 1 aliphatic carbocycles. The monoisotopic (exact) mass is 308 g/mol. The van der Waals surface area contributed by atoms with Gasteiger partial charge in [0.25, 0.3) is 0 Å². The predicted molar refractivity (Wildman–Crippen MR) is 83.9 cm³/mol. The number of ether oxygens (including phenoxy) is 1. The van der Waals surface area contributed by atoms with Gasteiger partial charge in [0, 0.05) is 10.9 Å². The van der Waals surface area contributed by atoms with E-state index in [9.17, 15) is 0 Å². The van der Waals surface area contributed by atoms with Crippen LogP contribution in [-0.4, -0.2) is 19.1 Å². The van der Waals surface area contributed by atoms with E-state index >= 15 is 0 Å². The second kappa shape index (κ2) is 5.72. The van der Waals surface area contributed by atoms with Crippen LogP contribution in [0, 0.1) is 0 Å². The van der Waals surface area contributed by atoms with E-state index in [1.165, 1.54) is 23.4 Å². The molecule has 1 aliphatic rings. The van der Waals surface area contributed by atoms with Crippen molar-refractivity contribution in [1.29, 1.82) is 0 Å². The molecule has 1 aromatic carbocycles. The number of hydrogen-bond donors (Lipinski definition) is 1. The van der Waals surface area contributed by atoms with Crippen LogP contribution >= 0.6 is 22.9 Å². The third-order valence-corrected chi connectivity index (χ3v) is 5.25. The number of aromatic nitrogens is 1. The van der Waals surface area contributed by atoms with Crippen LogP contribution in [0.4, 0.5) is 0 Å². The molecule has 3 rings (SSSR count). The molecular weight excluding hydrogens is 292 g/mol. The van der Waals surface area contributed by atoms with Crippen molar-refractivity contribution in [2.24, 2.45) is 0 Å². The molecule has 5 heteroatoms. The van der Waals surface area contributed by atoms with E-state index in [1.807, 2.05) is 25.2 Å². The number of nitrogens with zero attached hydrogens (tertiary/aromatic N) is 1. The molecular formula is C15H17ClN2OS. The molecule has 1 N–H and O–H groups in total. The lowest BCUT2D eigenvalue weighted by atomic mass is 9.98. The fourth-order valence-corrected chi connectivity index (χ4v) is 4.32. The van der Waals surface area contributed by atoms with Crippen LogP contribution in [-0.2, 0) is 6.42 Å². The number of hydrogen-bond acceptors (Lipinski definition) is 4. The summed E-state index contributed by atoms with van der Waals surface area (Å²) in [4.78, 5) is 6.15. The van der Waals surface area contributed by atoms with E-state index in [1.54, 1.807) is 18.4 Å². The fourth-order valence-electron chi connectivity index (χ4n) is 2.68. The van der Waals surface area contributed by atoms with Gasteiger partial charge in [-0.3, -0.25) is 0 Å². The van der Waals surface area contributed by atoms with Crippen molar-refractivity contribution in [2.75, 3.05) is 14.2 Å². The standard InChI is InChI=1S/C15H17ClN2OS/c1-17-10-6-4-7-11-14(10)20-15(18-11)13-9(16)5-3-8-12(13)19-2/h3,5,8,10,17H,4,6-7H2,1-2H3. The summed E-state index contributed by atoms with van der Waals surface area (Å²) in [6.07, 6.45) is 3.41. The van der Waals surface area contributed by atoms with E-state index in [0.717, 1.165) is 22.7 Å². The van der Waals surface area contributed by atoms with Crippen LogP contribution < -0.4 is 10.1 Å². The molecule has 0 fully saturated rings. The van der Waals surface area contributed by atoms with E-state index in [-0.39, 0.29) is 0 Å². The van der Waals surface area contributed by atoms with Gasteiger partial charge < -0.3 is 10.1 Å². The highest BCUT2D eigenvalue weighted by molar-refractivity contribution is 7.15. The van der Waals surface area contributed by atoms with Crippen molar-refractivity contribution >= 4 is 22.9 Å². The number of benzene rings is 1. The topological polar surface area (TPSA) is 34.2 Å². The van der Waals surface area contributed by atoms with Crippen molar-refractivity contribution < 1.29 is 4.74 Å². The predicted octanol–water partition coefficient (Wildman–Crippen LogP) is 4.07. The van der Waals surface area contributed by atoms with Crippen LogP contribution in [0.1, 0.15) is 29.5 Å². The van der Waals surface area contributed by atoms with Crippen LogP contribution in [0.3, 0.4) is 0 Å². The number of halogens is 1. The molecule has 0 bridgehead atoms. The minimum atomic E-state index is 0.415. The van der Waals surface area contributed by atoms with Gasteiger partial charge in [0.2, 0.25) is 0 Å². The highest BCUT2D eigenvalue weighted by Crippen LogP contribution is 2.43. The van der Waals surface area contributed by atoms with Crippen molar-refractivity contribution in [3.63, 3.8) is 0 Å². The third kappa shape index (κ3) is 2.32. The summed E-state index contributed by atoms with van der Waals surface area (Å²) >= 11 is 8.07. The Hall–Kier alpha value is -1.10. The van der Waals surface area contributed by atoms with Crippen LogP contribution in [0.5, 0.6) is 5.75 Å².